The molecule has 106 valence electrons. The molecule has 1 aromatic heterocycles. The molecular formula is C14H15NO5. The van der Waals surface area contributed by atoms with Crippen molar-refractivity contribution < 1.29 is 19.1 Å². The maximum absolute atomic E-state index is 11.8. The Kier molecular flexibility index (Phi) is 4.05. The van der Waals surface area contributed by atoms with Crippen molar-refractivity contribution in [1.82, 2.24) is 0 Å². The van der Waals surface area contributed by atoms with Crippen LogP contribution in [0.5, 0.6) is 5.75 Å². The molecule has 6 heteroatoms. The molecule has 0 aliphatic carbocycles. The summed E-state index contributed by atoms with van der Waals surface area (Å²) in [6.07, 6.45) is 0.530. The van der Waals surface area contributed by atoms with Crippen molar-refractivity contribution in [3.05, 3.63) is 40.2 Å². The van der Waals surface area contributed by atoms with Gasteiger partial charge in [-0.2, -0.15) is 0 Å². The van der Waals surface area contributed by atoms with Crippen molar-refractivity contribution in [2.45, 2.75) is 18.9 Å². The fraction of sp³-hybridized carbons (Fsp3) is 0.286. The highest BCUT2D eigenvalue weighted by Crippen LogP contribution is 2.25. The normalized spacial score (nSPS) is 12.3. The van der Waals surface area contributed by atoms with Gasteiger partial charge in [-0.1, -0.05) is 18.2 Å². The number of aryl methyl sites for hydroxylation is 1. The van der Waals surface area contributed by atoms with Gasteiger partial charge in [0.15, 0.2) is 0 Å². The summed E-state index contributed by atoms with van der Waals surface area (Å²) in [5.74, 6) is -0.975. The van der Waals surface area contributed by atoms with Gasteiger partial charge < -0.3 is 20.0 Å². The van der Waals surface area contributed by atoms with E-state index in [1.165, 1.54) is 7.11 Å². The van der Waals surface area contributed by atoms with Gasteiger partial charge in [-0.05, 0) is 18.9 Å². The number of methoxy groups -OCH3 is 1. The summed E-state index contributed by atoms with van der Waals surface area (Å²) in [5, 5.41) is 9.54. The van der Waals surface area contributed by atoms with Gasteiger partial charge >= 0.3 is 11.6 Å². The number of para-hydroxylation sites is 1. The smallest absolute Gasteiger partial charge is 0.379 e. The maximum atomic E-state index is 11.8. The standard InChI is InChI=1S/C14H15NO5/c1-19-12-9(6-7-10(15)13(16)17)8-4-2-3-5-11(8)20-14(12)18/h2-5,10H,6-7,15H2,1H3,(H,16,17)/t10-/m0/s1. The summed E-state index contributed by atoms with van der Waals surface area (Å²) >= 11 is 0. The lowest BCUT2D eigenvalue weighted by Crippen LogP contribution is -2.30. The molecule has 0 bridgehead atoms. The second-order valence-corrected chi connectivity index (χ2v) is 4.38. The number of aliphatic carboxylic acids is 1. The molecule has 0 unspecified atom stereocenters. The lowest BCUT2D eigenvalue weighted by Gasteiger charge is -2.11. The van der Waals surface area contributed by atoms with E-state index >= 15 is 0 Å². The van der Waals surface area contributed by atoms with Gasteiger partial charge in [0, 0.05) is 10.9 Å². The number of ether oxygens (including phenoxy) is 1. The van der Waals surface area contributed by atoms with Gasteiger partial charge in [0.05, 0.1) is 7.11 Å². The fourth-order valence-corrected chi connectivity index (χ4v) is 2.07. The van der Waals surface area contributed by atoms with Crippen molar-refractivity contribution in [3.63, 3.8) is 0 Å². The largest absolute Gasteiger partial charge is 0.490 e. The highest BCUT2D eigenvalue weighted by atomic mass is 16.5. The second-order valence-electron chi connectivity index (χ2n) is 4.38. The number of carboxylic acid groups (broad SMARTS) is 1. The molecule has 2 aromatic rings. The summed E-state index contributed by atoms with van der Waals surface area (Å²) < 4.78 is 10.2. The number of nitrogens with two attached hydrogens (primary N) is 1. The molecule has 1 aromatic carbocycles. The van der Waals surface area contributed by atoms with Crippen LogP contribution in [0.15, 0.2) is 33.5 Å². The van der Waals surface area contributed by atoms with E-state index in [1.54, 1.807) is 18.2 Å². The first kappa shape index (κ1) is 14.1. The van der Waals surface area contributed by atoms with E-state index in [2.05, 4.69) is 0 Å². The van der Waals surface area contributed by atoms with E-state index in [1.807, 2.05) is 6.07 Å². The molecule has 2 rings (SSSR count). The first-order valence-electron chi connectivity index (χ1n) is 6.11. The summed E-state index contributed by atoms with van der Waals surface area (Å²) in [6.45, 7) is 0. The number of fused-ring (bicyclic) bond motifs is 1. The Morgan fingerprint density at radius 1 is 1.45 bits per heavy atom. The third-order valence-electron chi connectivity index (χ3n) is 3.10. The topological polar surface area (TPSA) is 103 Å². The first-order chi connectivity index (χ1) is 9.54. The molecular weight excluding hydrogens is 262 g/mol. The highest BCUT2D eigenvalue weighted by molar-refractivity contribution is 5.82. The number of carboxylic acids is 1. The Hall–Kier alpha value is -2.34. The molecule has 0 radical (unpaired) electrons. The predicted molar refractivity (Wildman–Crippen MR) is 73.0 cm³/mol. The number of rotatable bonds is 5. The predicted octanol–water partition coefficient (Wildman–Crippen LogP) is 1.15. The van der Waals surface area contributed by atoms with Crippen LogP contribution in [0.3, 0.4) is 0 Å². The molecule has 0 saturated carbocycles. The quantitative estimate of drug-likeness (QED) is 0.794. The van der Waals surface area contributed by atoms with Gasteiger partial charge in [0.25, 0.3) is 0 Å². The number of hydrogen-bond acceptors (Lipinski definition) is 5. The van der Waals surface area contributed by atoms with Crippen LogP contribution in [0, 0.1) is 0 Å². The Balaban J connectivity index is 2.48. The Morgan fingerprint density at radius 2 is 2.15 bits per heavy atom. The van der Waals surface area contributed by atoms with Crippen molar-refractivity contribution in [2.75, 3.05) is 7.11 Å². The zero-order chi connectivity index (χ0) is 14.7. The lowest BCUT2D eigenvalue weighted by atomic mass is 10.0. The van der Waals surface area contributed by atoms with E-state index in [4.69, 9.17) is 20.0 Å². The molecule has 0 aliphatic rings. The number of carbonyl (C=O) groups is 1. The van der Waals surface area contributed by atoms with Crippen LogP contribution in [0.2, 0.25) is 0 Å². The lowest BCUT2D eigenvalue weighted by molar-refractivity contribution is -0.138. The van der Waals surface area contributed by atoms with E-state index in [9.17, 15) is 9.59 Å². The van der Waals surface area contributed by atoms with Gasteiger partial charge in [-0.25, -0.2) is 4.79 Å². The minimum absolute atomic E-state index is 0.0984. The van der Waals surface area contributed by atoms with Crippen LogP contribution in [0.1, 0.15) is 12.0 Å². The fourth-order valence-electron chi connectivity index (χ4n) is 2.07. The first-order valence-corrected chi connectivity index (χ1v) is 6.11. The number of benzene rings is 1. The molecule has 0 amide bonds. The molecule has 1 atom stereocenters. The van der Waals surface area contributed by atoms with Gasteiger partial charge in [0.2, 0.25) is 5.75 Å². The van der Waals surface area contributed by atoms with E-state index in [-0.39, 0.29) is 12.2 Å². The molecule has 20 heavy (non-hydrogen) atoms. The molecule has 6 nitrogen and oxygen atoms in total. The Labute approximate surface area is 114 Å². The minimum atomic E-state index is -1.07. The van der Waals surface area contributed by atoms with E-state index in [0.29, 0.717) is 17.6 Å². The van der Waals surface area contributed by atoms with Gasteiger partial charge in [0.1, 0.15) is 11.6 Å². The average Bonchev–Trinajstić information content (AvgIpc) is 2.43. The second kappa shape index (κ2) is 5.75. The Morgan fingerprint density at radius 3 is 2.80 bits per heavy atom. The monoisotopic (exact) mass is 277 g/mol. The molecule has 0 aliphatic heterocycles. The number of hydrogen-bond donors (Lipinski definition) is 2. The van der Waals surface area contributed by atoms with Gasteiger partial charge in [-0.15, -0.1) is 0 Å². The van der Waals surface area contributed by atoms with E-state index in [0.717, 1.165) is 5.39 Å². The maximum Gasteiger partial charge on any atom is 0.379 e. The molecule has 0 spiro atoms. The highest BCUT2D eigenvalue weighted by Gasteiger charge is 2.18. The summed E-state index contributed by atoms with van der Waals surface area (Å²) in [4.78, 5) is 22.6. The average molecular weight is 277 g/mol. The van der Waals surface area contributed by atoms with Crippen molar-refractivity contribution in [1.29, 1.82) is 0 Å². The molecule has 0 saturated heterocycles. The third-order valence-corrected chi connectivity index (χ3v) is 3.10. The van der Waals surface area contributed by atoms with Gasteiger partial charge in [-0.3, -0.25) is 4.79 Å². The Bertz CT molecular complexity index is 692. The van der Waals surface area contributed by atoms with Crippen molar-refractivity contribution >= 4 is 16.9 Å². The zero-order valence-corrected chi connectivity index (χ0v) is 11.0. The summed E-state index contributed by atoms with van der Waals surface area (Å²) in [5.41, 5.74) is 5.98. The van der Waals surface area contributed by atoms with Crippen LogP contribution < -0.4 is 16.1 Å². The summed E-state index contributed by atoms with van der Waals surface area (Å²) in [6, 6.07) is 6.05. The van der Waals surface area contributed by atoms with Crippen LogP contribution in [-0.4, -0.2) is 24.2 Å². The van der Waals surface area contributed by atoms with Crippen LogP contribution in [0.4, 0.5) is 0 Å². The molecule has 1 heterocycles. The minimum Gasteiger partial charge on any atom is -0.490 e. The van der Waals surface area contributed by atoms with Crippen molar-refractivity contribution in [3.8, 4) is 5.75 Å². The van der Waals surface area contributed by atoms with Crippen LogP contribution >= 0.6 is 0 Å². The summed E-state index contributed by atoms with van der Waals surface area (Å²) in [7, 11) is 1.38. The SMILES string of the molecule is COc1c(CC[C@H](N)C(=O)O)c2ccccc2oc1=O. The molecule has 3 N–H and O–H groups in total. The van der Waals surface area contributed by atoms with Crippen LogP contribution in [0.25, 0.3) is 11.0 Å². The van der Waals surface area contributed by atoms with Crippen molar-refractivity contribution in [2.24, 2.45) is 5.73 Å². The molecule has 0 fully saturated rings. The zero-order valence-electron chi connectivity index (χ0n) is 11.0. The third kappa shape index (κ3) is 2.65. The van der Waals surface area contributed by atoms with Crippen LogP contribution in [-0.2, 0) is 11.2 Å². The van der Waals surface area contributed by atoms with E-state index < -0.39 is 17.6 Å².